The molecule has 0 saturated carbocycles. The van der Waals surface area contributed by atoms with E-state index in [4.69, 9.17) is 4.42 Å². The van der Waals surface area contributed by atoms with E-state index < -0.39 is 6.10 Å². The summed E-state index contributed by atoms with van der Waals surface area (Å²) in [7, 11) is 0. The first-order chi connectivity index (χ1) is 7.79. The molecule has 1 aromatic heterocycles. The molecule has 1 aromatic rings. The molecule has 1 unspecified atom stereocenters. The van der Waals surface area contributed by atoms with Crippen LogP contribution in [0.2, 0.25) is 0 Å². The van der Waals surface area contributed by atoms with Gasteiger partial charge in [0.05, 0.1) is 6.26 Å². The normalized spacial score (nSPS) is 23.0. The van der Waals surface area contributed by atoms with Crippen LogP contribution in [0.1, 0.15) is 56.0 Å². The first-order valence-corrected chi connectivity index (χ1v) is 6.20. The van der Waals surface area contributed by atoms with Crippen molar-refractivity contribution in [2.45, 2.75) is 51.6 Å². The highest BCUT2D eigenvalue weighted by atomic mass is 16.3. The van der Waals surface area contributed by atoms with Crippen LogP contribution in [0.15, 0.2) is 28.4 Å². The Kier molecular flexibility index (Phi) is 3.83. The number of rotatable bonds is 2. The molecule has 0 aliphatic heterocycles. The molecule has 0 bridgehead atoms. The van der Waals surface area contributed by atoms with Gasteiger partial charge >= 0.3 is 0 Å². The number of hydrogen-bond donors (Lipinski definition) is 1. The van der Waals surface area contributed by atoms with Crippen LogP contribution in [0.3, 0.4) is 0 Å². The third-order valence-electron chi connectivity index (χ3n) is 3.37. The Hall–Kier alpha value is -1.02. The Bertz CT molecular complexity index is 363. The Morgan fingerprint density at radius 1 is 1.25 bits per heavy atom. The van der Waals surface area contributed by atoms with Gasteiger partial charge in [-0.05, 0) is 44.2 Å². The zero-order valence-electron chi connectivity index (χ0n) is 9.91. The monoisotopic (exact) mass is 220 g/mol. The first kappa shape index (κ1) is 11.5. The SMILES string of the molecule is Cc1occc1C(O)/C1=C/CCCCCC1. The fraction of sp³-hybridized carbons (Fsp3) is 0.571. The van der Waals surface area contributed by atoms with Gasteiger partial charge in [0.25, 0.3) is 0 Å². The third kappa shape index (κ3) is 2.56. The molecule has 0 saturated heterocycles. The minimum atomic E-state index is -0.461. The van der Waals surface area contributed by atoms with Crippen molar-refractivity contribution >= 4 is 0 Å². The van der Waals surface area contributed by atoms with Gasteiger partial charge in [0, 0.05) is 5.56 Å². The van der Waals surface area contributed by atoms with Gasteiger partial charge in [-0.15, -0.1) is 0 Å². The minimum Gasteiger partial charge on any atom is -0.469 e. The van der Waals surface area contributed by atoms with E-state index in [0.29, 0.717) is 0 Å². The Morgan fingerprint density at radius 2 is 2.06 bits per heavy atom. The third-order valence-corrected chi connectivity index (χ3v) is 3.37. The summed E-state index contributed by atoms with van der Waals surface area (Å²) in [6, 6.07) is 1.87. The molecule has 1 aliphatic rings. The van der Waals surface area contributed by atoms with Crippen LogP contribution in [0.5, 0.6) is 0 Å². The average molecular weight is 220 g/mol. The van der Waals surface area contributed by atoms with E-state index in [1.807, 2.05) is 13.0 Å². The zero-order valence-corrected chi connectivity index (χ0v) is 9.91. The maximum atomic E-state index is 10.3. The number of allylic oxidation sites excluding steroid dienone is 1. The maximum Gasteiger partial charge on any atom is 0.106 e. The molecule has 0 aromatic carbocycles. The second-order valence-corrected chi connectivity index (χ2v) is 4.57. The van der Waals surface area contributed by atoms with Crippen molar-refractivity contribution in [2.24, 2.45) is 0 Å². The predicted octanol–water partition coefficient (Wildman–Crippen LogP) is 3.90. The van der Waals surface area contributed by atoms with E-state index in [1.54, 1.807) is 6.26 Å². The summed E-state index contributed by atoms with van der Waals surface area (Å²) < 4.78 is 5.25. The fourth-order valence-corrected chi connectivity index (χ4v) is 2.34. The summed E-state index contributed by atoms with van der Waals surface area (Å²) in [6.45, 7) is 1.90. The predicted molar refractivity (Wildman–Crippen MR) is 64.2 cm³/mol. The molecular weight excluding hydrogens is 200 g/mol. The second-order valence-electron chi connectivity index (χ2n) is 4.57. The van der Waals surface area contributed by atoms with Crippen molar-refractivity contribution in [3.63, 3.8) is 0 Å². The highest BCUT2D eigenvalue weighted by molar-refractivity contribution is 5.27. The molecule has 1 heterocycles. The van der Waals surface area contributed by atoms with Crippen LogP contribution >= 0.6 is 0 Å². The molecule has 0 spiro atoms. The molecule has 2 rings (SSSR count). The van der Waals surface area contributed by atoms with Crippen molar-refractivity contribution < 1.29 is 9.52 Å². The van der Waals surface area contributed by atoms with E-state index in [-0.39, 0.29) is 0 Å². The number of furan rings is 1. The van der Waals surface area contributed by atoms with Crippen molar-refractivity contribution in [3.8, 4) is 0 Å². The summed E-state index contributed by atoms with van der Waals surface area (Å²) >= 11 is 0. The Labute approximate surface area is 97.0 Å². The molecule has 2 nitrogen and oxygen atoms in total. The van der Waals surface area contributed by atoms with Crippen LogP contribution in [0.4, 0.5) is 0 Å². The van der Waals surface area contributed by atoms with Gasteiger partial charge in [-0.1, -0.05) is 18.9 Å². The Balaban J connectivity index is 2.13. The second kappa shape index (κ2) is 5.35. The quantitative estimate of drug-likeness (QED) is 0.767. The average Bonchev–Trinajstić information content (AvgIpc) is 2.63. The van der Waals surface area contributed by atoms with E-state index in [0.717, 1.165) is 24.2 Å². The van der Waals surface area contributed by atoms with Crippen LogP contribution < -0.4 is 0 Å². The topological polar surface area (TPSA) is 33.4 Å². The molecule has 2 heteroatoms. The van der Waals surface area contributed by atoms with Crippen LogP contribution in [0.25, 0.3) is 0 Å². The molecule has 1 aliphatic carbocycles. The molecule has 0 radical (unpaired) electrons. The van der Waals surface area contributed by atoms with E-state index >= 15 is 0 Å². The van der Waals surface area contributed by atoms with Crippen molar-refractivity contribution in [1.29, 1.82) is 0 Å². The molecule has 88 valence electrons. The van der Waals surface area contributed by atoms with Crippen molar-refractivity contribution in [3.05, 3.63) is 35.3 Å². The Morgan fingerprint density at radius 3 is 2.81 bits per heavy atom. The van der Waals surface area contributed by atoms with Gasteiger partial charge in [-0.3, -0.25) is 0 Å². The van der Waals surface area contributed by atoms with Gasteiger partial charge in [-0.25, -0.2) is 0 Å². The maximum absolute atomic E-state index is 10.3. The molecule has 0 fully saturated rings. The zero-order chi connectivity index (χ0) is 11.4. The van der Waals surface area contributed by atoms with Gasteiger partial charge in [0.1, 0.15) is 11.9 Å². The number of hydrogen-bond acceptors (Lipinski definition) is 2. The summed E-state index contributed by atoms with van der Waals surface area (Å²) in [5.41, 5.74) is 2.09. The van der Waals surface area contributed by atoms with Gasteiger partial charge in [0.15, 0.2) is 0 Å². The minimum absolute atomic E-state index is 0.461. The van der Waals surface area contributed by atoms with Crippen LogP contribution in [-0.4, -0.2) is 5.11 Å². The summed E-state index contributed by atoms with van der Waals surface area (Å²) in [5, 5.41) is 10.3. The van der Waals surface area contributed by atoms with Gasteiger partial charge < -0.3 is 9.52 Å². The molecular formula is C14H20O2. The van der Waals surface area contributed by atoms with E-state index in [2.05, 4.69) is 6.08 Å². The van der Waals surface area contributed by atoms with Crippen LogP contribution in [0, 0.1) is 6.92 Å². The molecule has 0 amide bonds. The molecule has 1 atom stereocenters. The van der Waals surface area contributed by atoms with Crippen LogP contribution in [-0.2, 0) is 0 Å². The highest BCUT2D eigenvalue weighted by Gasteiger charge is 2.17. The van der Waals surface area contributed by atoms with Gasteiger partial charge in [0.2, 0.25) is 0 Å². The lowest BCUT2D eigenvalue weighted by atomic mass is 9.93. The smallest absolute Gasteiger partial charge is 0.106 e. The van der Waals surface area contributed by atoms with Gasteiger partial charge in [-0.2, -0.15) is 0 Å². The van der Waals surface area contributed by atoms with Crippen molar-refractivity contribution in [2.75, 3.05) is 0 Å². The summed E-state index contributed by atoms with van der Waals surface area (Å²) in [5.74, 6) is 0.829. The number of aliphatic hydroxyl groups excluding tert-OH is 1. The van der Waals surface area contributed by atoms with E-state index in [1.165, 1.54) is 31.3 Å². The largest absolute Gasteiger partial charge is 0.469 e. The number of aliphatic hydroxyl groups is 1. The first-order valence-electron chi connectivity index (χ1n) is 6.20. The van der Waals surface area contributed by atoms with E-state index in [9.17, 15) is 5.11 Å². The standard InChI is InChI=1S/C14H20O2/c1-11-13(9-10-16-11)14(15)12-7-5-3-2-4-6-8-12/h7,9-10,14-15H,2-6,8H2,1H3/b12-7+. The lowest BCUT2D eigenvalue weighted by Crippen LogP contribution is -2.03. The van der Waals surface area contributed by atoms with Crippen molar-refractivity contribution in [1.82, 2.24) is 0 Å². The summed E-state index contributed by atoms with van der Waals surface area (Å²) in [6.07, 6.45) is 10.6. The lowest BCUT2D eigenvalue weighted by Gasteiger charge is -2.17. The molecule has 1 N–H and O–H groups in total. The summed E-state index contributed by atoms with van der Waals surface area (Å²) in [4.78, 5) is 0. The molecule has 16 heavy (non-hydrogen) atoms. The number of aryl methyl sites for hydroxylation is 1. The highest BCUT2D eigenvalue weighted by Crippen LogP contribution is 2.30. The fourth-order valence-electron chi connectivity index (χ4n) is 2.34. The lowest BCUT2D eigenvalue weighted by molar-refractivity contribution is 0.207.